The SMILES string of the molecule is CCN1CCc2c(sc(-n3cccc3)c2CNC(=O)Nc2cc(C)cc(C)c2)C1. The molecule has 0 atom stereocenters. The lowest BCUT2D eigenvalue weighted by Crippen LogP contribution is -2.31. The number of fused-ring (bicyclic) bond motifs is 1. The second kappa shape index (κ2) is 8.43. The van der Waals surface area contributed by atoms with Crippen LogP contribution in [0.15, 0.2) is 42.7 Å². The molecule has 4 rings (SSSR count). The fourth-order valence-electron chi connectivity index (χ4n) is 4.03. The molecule has 29 heavy (non-hydrogen) atoms. The van der Waals surface area contributed by atoms with Gasteiger partial charge in [-0.2, -0.15) is 0 Å². The van der Waals surface area contributed by atoms with E-state index in [0.717, 1.165) is 42.9 Å². The average Bonchev–Trinajstić information content (AvgIpc) is 3.32. The Labute approximate surface area is 176 Å². The number of urea groups is 1. The van der Waals surface area contributed by atoms with Crippen LogP contribution in [0.1, 0.15) is 34.1 Å². The largest absolute Gasteiger partial charge is 0.334 e. The third-order valence-electron chi connectivity index (χ3n) is 5.42. The maximum absolute atomic E-state index is 12.6. The Bertz CT molecular complexity index is 986. The van der Waals surface area contributed by atoms with Crippen LogP contribution in [0.3, 0.4) is 0 Å². The van der Waals surface area contributed by atoms with E-state index in [1.807, 2.05) is 49.4 Å². The highest BCUT2D eigenvalue weighted by Gasteiger charge is 2.24. The number of likely N-dealkylation sites (N-methyl/N-ethyl adjacent to an activating group) is 1. The van der Waals surface area contributed by atoms with Crippen molar-refractivity contribution in [1.82, 2.24) is 14.8 Å². The number of hydrogen-bond acceptors (Lipinski definition) is 3. The summed E-state index contributed by atoms with van der Waals surface area (Å²) in [6, 6.07) is 10.00. The van der Waals surface area contributed by atoms with Crippen LogP contribution in [0.4, 0.5) is 10.5 Å². The number of aryl methyl sites for hydroxylation is 2. The summed E-state index contributed by atoms with van der Waals surface area (Å²) in [6.07, 6.45) is 5.19. The van der Waals surface area contributed by atoms with Gasteiger partial charge in [-0.25, -0.2) is 4.79 Å². The summed E-state index contributed by atoms with van der Waals surface area (Å²) >= 11 is 1.85. The van der Waals surface area contributed by atoms with Gasteiger partial charge in [0.1, 0.15) is 5.00 Å². The first-order valence-corrected chi connectivity index (χ1v) is 11.0. The van der Waals surface area contributed by atoms with Gasteiger partial charge < -0.3 is 15.2 Å². The van der Waals surface area contributed by atoms with Crippen LogP contribution in [-0.2, 0) is 19.5 Å². The van der Waals surface area contributed by atoms with Crippen LogP contribution in [0.2, 0.25) is 0 Å². The highest BCUT2D eigenvalue weighted by Crippen LogP contribution is 2.35. The maximum atomic E-state index is 12.6. The molecule has 0 saturated carbocycles. The number of rotatable bonds is 5. The minimum absolute atomic E-state index is 0.167. The number of nitrogens with zero attached hydrogens (tertiary/aromatic N) is 2. The second-order valence-corrected chi connectivity index (χ2v) is 8.76. The van der Waals surface area contributed by atoms with Crippen LogP contribution < -0.4 is 10.6 Å². The van der Waals surface area contributed by atoms with E-state index in [1.54, 1.807) is 0 Å². The zero-order chi connectivity index (χ0) is 20.4. The molecule has 0 saturated heterocycles. The third-order valence-corrected chi connectivity index (χ3v) is 6.69. The number of nitrogens with one attached hydrogen (secondary N) is 2. The summed E-state index contributed by atoms with van der Waals surface area (Å²) < 4.78 is 2.16. The van der Waals surface area contributed by atoms with Gasteiger partial charge in [-0.1, -0.05) is 13.0 Å². The van der Waals surface area contributed by atoms with Gasteiger partial charge in [-0.05, 0) is 67.8 Å². The van der Waals surface area contributed by atoms with Crippen molar-refractivity contribution in [1.29, 1.82) is 0 Å². The van der Waals surface area contributed by atoms with Crippen molar-refractivity contribution in [3.63, 3.8) is 0 Å². The lowest BCUT2D eigenvalue weighted by molar-refractivity contribution is 0.251. The van der Waals surface area contributed by atoms with Gasteiger partial charge in [-0.15, -0.1) is 11.3 Å². The molecule has 3 heterocycles. The molecule has 152 valence electrons. The molecule has 2 aromatic heterocycles. The van der Waals surface area contributed by atoms with E-state index < -0.39 is 0 Å². The van der Waals surface area contributed by atoms with E-state index in [9.17, 15) is 4.79 Å². The number of anilines is 1. The minimum atomic E-state index is -0.167. The second-order valence-electron chi connectivity index (χ2n) is 7.68. The van der Waals surface area contributed by atoms with Crippen LogP contribution in [0, 0.1) is 13.8 Å². The molecule has 0 bridgehead atoms. The molecule has 2 N–H and O–H groups in total. The molecule has 5 nitrogen and oxygen atoms in total. The topological polar surface area (TPSA) is 49.3 Å². The molecule has 1 aliphatic heterocycles. The maximum Gasteiger partial charge on any atom is 0.319 e. The van der Waals surface area contributed by atoms with Gasteiger partial charge in [0.2, 0.25) is 0 Å². The lowest BCUT2D eigenvalue weighted by atomic mass is 10.0. The molecule has 6 heteroatoms. The zero-order valence-corrected chi connectivity index (χ0v) is 18.1. The molecule has 0 aliphatic carbocycles. The van der Waals surface area contributed by atoms with Crippen LogP contribution in [-0.4, -0.2) is 28.6 Å². The van der Waals surface area contributed by atoms with E-state index >= 15 is 0 Å². The Kier molecular flexibility index (Phi) is 5.74. The molecule has 1 aliphatic rings. The molecule has 0 fully saturated rings. The summed E-state index contributed by atoms with van der Waals surface area (Å²) in [5.74, 6) is 0. The van der Waals surface area contributed by atoms with Crippen molar-refractivity contribution in [2.45, 2.75) is 40.3 Å². The number of aromatic nitrogens is 1. The predicted molar refractivity (Wildman–Crippen MR) is 120 cm³/mol. The van der Waals surface area contributed by atoms with Gasteiger partial charge in [0, 0.05) is 48.2 Å². The lowest BCUT2D eigenvalue weighted by Gasteiger charge is -2.25. The normalized spacial score (nSPS) is 13.9. The molecule has 0 unspecified atom stereocenters. The van der Waals surface area contributed by atoms with Gasteiger partial charge in [0.15, 0.2) is 0 Å². The van der Waals surface area contributed by atoms with Gasteiger partial charge in [-0.3, -0.25) is 4.90 Å². The number of carbonyl (C=O) groups excluding carboxylic acids is 1. The fourth-order valence-corrected chi connectivity index (χ4v) is 5.40. The zero-order valence-electron chi connectivity index (χ0n) is 17.3. The molecular weight excluding hydrogens is 380 g/mol. The van der Waals surface area contributed by atoms with Crippen molar-refractivity contribution in [2.75, 3.05) is 18.4 Å². The Morgan fingerprint density at radius 2 is 1.86 bits per heavy atom. The number of benzene rings is 1. The Hall–Kier alpha value is -2.57. The highest BCUT2D eigenvalue weighted by atomic mass is 32.1. The molecule has 2 amide bonds. The third kappa shape index (κ3) is 4.38. The van der Waals surface area contributed by atoms with Gasteiger partial charge in [0.25, 0.3) is 0 Å². The van der Waals surface area contributed by atoms with Crippen molar-refractivity contribution in [2.24, 2.45) is 0 Å². The number of carbonyl (C=O) groups is 1. The standard InChI is InChI=1S/C23H28N4OS/c1-4-26-10-7-19-20(22(29-21(19)15-26)27-8-5-6-9-27)14-24-23(28)25-18-12-16(2)11-17(3)13-18/h5-6,8-9,11-13H,4,7,10,14-15H2,1-3H3,(H2,24,25,28). The summed E-state index contributed by atoms with van der Waals surface area (Å²) in [6.45, 7) is 9.97. The summed E-state index contributed by atoms with van der Waals surface area (Å²) in [4.78, 5) is 16.5. The summed E-state index contributed by atoms with van der Waals surface area (Å²) in [5.41, 5.74) is 5.77. The monoisotopic (exact) mass is 408 g/mol. The first-order valence-electron chi connectivity index (χ1n) is 10.2. The van der Waals surface area contributed by atoms with Gasteiger partial charge >= 0.3 is 6.03 Å². The molecule has 3 aromatic rings. The molecule has 0 spiro atoms. The van der Waals surface area contributed by atoms with Crippen LogP contribution in [0.25, 0.3) is 5.00 Å². The Balaban J connectivity index is 1.53. The fraction of sp³-hybridized carbons (Fsp3) is 0.348. The minimum Gasteiger partial charge on any atom is -0.334 e. The summed E-state index contributed by atoms with van der Waals surface area (Å²) in [5, 5.41) is 7.27. The van der Waals surface area contributed by atoms with E-state index in [1.165, 1.54) is 21.0 Å². The van der Waals surface area contributed by atoms with E-state index in [0.29, 0.717) is 6.54 Å². The van der Waals surface area contributed by atoms with Crippen molar-refractivity contribution >= 4 is 23.1 Å². The Morgan fingerprint density at radius 3 is 2.55 bits per heavy atom. The van der Waals surface area contributed by atoms with E-state index in [-0.39, 0.29) is 6.03 Å². The number of amides is 2. The smallest absolute Gasteiger partial charge is 0.319 e. The number of hydrogen-bond donors (Lipinski definition) is 2. The Morgan fingerprint density at radius 1 is 1.14 bits per heavy atom. The number of thiophene rings is 1. The molecule has 0 radical (unpaired) electrons. The van der Waals surface area contributed by atoms with E-state index in [2.05, 4.69) is 45.5 Å². The first-order chi connectivity index (χ1) is 14.0. The quantitative estimate of drug-likeness (QED) is 0.634. The van der Waals surface area contributed by atoms with E-state index in [4.69, 9.17) is 0 Å². The predicted octanol–water partition coefficient (Wildman–Crippen LogP) is 4.86. The molecular formula is C23H28N4OS. The van der Waals surface area contributed by atoms with Crippen LogP contribution in [0.5, 0.6) is 0 Å². The molecule has 1 aromatic carbocycles. The average molecular weight is 409 g/mol. The van der Waals surface area contributed by atoms with Crippen molar-refractivity contribution < 1.29 is 4.79 Å². The van der Waals surface area contributed by atoms with Crippen molar-refractivity contribution in [3.05, 3.63) is 69.9 Å². The van der Waals surface area contributed by atoms with Crippen LogP contribution >= 0.6 is 11.3 Å². The van der Waals surface area contributed by atoms with Crippen molar-refractivity contribution in [3.8, 4) is 5.00 Å². The first kappa shape index (κ1) is 19.7. The highest BCUT2D eigenvalue weighted by molar-refractivity contribution is 7.14. The van der Waals surface area contributed by atoms with Gasteiger partial charge in [0.05, 0.1) is 0 Å². The summed E-state index contributed by atoms with van der Waals surface area (Å²) in [7, 11) is 0.